The second kappa shape index (κ2) is 5.80. The quantitative estimate of drug-likeness (QED) is 0.771. The van der Waals surface area contributed by atoms with Crippen molar-refractivity contribution in [2.45, 2.75) is 25.0 Å². The van der Waals surface area contributed by atoms with E-state index < -0.39 is 5.79 Å². The number of rotatable bonds is 4. The molecule has 1 aromatic rings. The Morgan fingerprint density at radius 1 is 1.18 bits per heavy atom. The second-order valence-electron chi connectivity index (χ2n) is 4.10. The normalized spacial score (nSPS) is 19.2. The average Bonchev–Trinajstić information content (AvgIpc) is 2.38. The monoisotopic (exact) mass is 258 g/mol. The molecule has 1 aliphatic rings. The molecule has 17 heavy (non-hydrogen) atoms. The van der Waals surface area contributed by atoms with Crippen molar-refractivity contribution in [2.24, 2.45) is 0 Å². The van der Waals surface area contributed by atoms with Crippen molar-refractivity contribution in [1.29, 1.82) is 0 Å². The van der Waals surface area contributed by atoms with Crippen LogP contribution >= 0.6 is 11.6 Å². The summed E-state index contributed by atoms with van der Waals surface area (Å²) in [5, 5.41) is 0. The second-order valence-corrected chi connectivity index (χ2v) is 4.48. The summed E-state index contributed by atoms with van der Waals surface area (Å²) in [6.07, 6.45) is 2.39. The van der Waals surface area contributed by atoms with Crippen LogP contribution in [-0.4, -0.2) is 19.1 Å². The summed E-state index contributed by atoms with van der Waals surface area (Å²) in [7, 11) is 0. The Kier molecular flexibility index (Phi) is 4.37. The number of hydrogen-bond donors (Lipinski definition) is 0. The number of hydrogen-bond acceptors (Lipinski definition) is 2. The minimum absolute atomic E-state index is 0.253. The van der Waals surface area contributed by atoms with E-state index in [0.717, 1.165) is 18.4 Å². The van der Waals surface area contributed by atoms with E-state index in [1.165, 1.54) is 12.1 Å². The van der Waals surface area contributed by atoms with Gasteiger partial charge in [0.1, 0.15) is 5.82 Å². The van der Waals surface area contributed by atoms with Gasteiger partial charge in [-0.05, 0) is 25.0 Å². The highest BCUT2D eigenvalue weighted by molar-refractivity contribution is 6.17. The molecule has 0 bridgehead atoms. The first-order valence-electron chi connectivity index (χ1n) is 5.87. The van der Waals surface area contributed by atoms with Crippen molar-refractivity contribution in [3.63, 3.8) is 0 Å². The zero-order valence-electron chi connectivity index (χ0n) is 9.62. The molecule has 0 saturated carbocycles. The van der Waals surface area contributed by atoms with Crippen LogP contribution < -0.4 is 0 Å². The van der Waals surface area contributed by atoms with E-state index in [-0.39, 0.29) is 5.82 Å². The smallest absolute Gasteiger partial charge is 0.194 e. The van der Waals surface area contributed by atoms with Crippen LogP contribution in [0.3, 0.4) is 0 Å². The predicted octanol–water partition coefficient (Wildman–Crippen LogP) is 3.43. The number of ether oxygens (including phenoxy) is 2. The van der Waals surface area contributed by atoms with Gasteiger partial charge in [0.15, 0.2) is 5.79 Å². The molecule has 0 amide bonds. The summed E-state index contributed by atoms with van der Waals surface area (Å²) in [6, 6.07) is 6.29. The lowest BCUT2D eigenvalue weighted by Crippen LogP contribution is -2.38. The standard InChI is InChI=1S/C13H16ClFO2/c14-8-1-7-13(16-9-2-10-17-13)11-3-5-12(15)6-4-11/h3-6H,1-2,7-10H2. The first-order chi connectivity index (χ1) is 8.27. The first kappa shape index (κ1) is 12.8. The molecule has 1 aliphatic heterocycles. The SMILES string of the molecule is Fc1ccc(C2(CCCCl)OCCCO2)cc1. The van der Waals surface area contributed by atoms with Gasteiger partial charge in [0.2, 0.25) is 0 Å². The third-order valence-corrected chi connectivity index (χ3v) is 3.15. The zero-order chi connectivity index (χ0) is 12.1. The van der Waals surface area contributed by atoms with Crippen molar-refractivity contribution >= 4 is 11.6 Å². The van der Waals surface area contributed by atoms with Gasteiger partial charge in [-0.25, -0.2) is 4.39 Å². The van der Waals surface area contributed by atoms with Gasteiger partial charge in [0, 0.05) is 17.9 Å². The van der Waals surface area contributed by atoms with Crippen LogP contribution in [0.2, 0.25) is 0 Å². The summed E-state index contributed by atoms with van der Waals surface area (Å²) in [5.41, 5.74) is 0.865. The van der Waals surface area contributed by atoms with Crippen LogP contribution in [0.25, 0.3) is 0 Å². The third kappa shape index (κ3) is 2.97. The highest BCUT2D eigenvalue weighted by Gasteiger charge is 2.36. The van der Waals surface area contributed by atoms with Crippen LogP contribution in [0, 0.1) is 5.82 Å². The van der Waals surface area contributed by atoms with E-state index in [9.17, 15) is 4.39 Å². The third-order valence-electron chi connectivity index (χ3n) is 2.88. The lowest BCUT2D eigenvalue weighted by Gasteiger charge is -2.37. The lowest BCUT2D eigenvalue weighted by atomic mass is 10.00. The Bertz CT molecular complexity index is 347. The maximum Gasteiger partial charge on any atom is 0.194 e. The Morgan fingerprint density at radius 3 is 2.41 bits per heavy atom. The molecule has 1 fully saturated rings. The largest absolute Gasteiger partial charge is 0.346 e. The van der Waals surface area contributed by atoms with Crippen molar-refractivity contribution in [1.82, 2.24) is 0 Å². The average molecular weight is 259 g/mol. The van der Waals surface area contributed by atoms with E-state index in [0.29, 0.717) is 25.5 Å². The highest BCUT2D eigenvalue weighted by atomic mass is 35.5. The van der Waals surface area contributed by atoms with Gasteiger partial charge in [0.25, 0.3) is 0 Å². The summed E-state index contributed by atoms with van der Waals surface area (Å²) < 4.78 is 24.5. The van der Waals surface area contributed by atoms with Crippen molar-refractivity contribution in [3.05, 3.63) is 35.6 Å². The van der Waals surface area contributed by atoms with Gasteiger partial charge in [-0.15, -0.1) is 11.6 Å². The molecule has 1 saturated heterocycles. The van der Waals surface area contributed by atoms with Gasteiger partial charge >= 0.3 is 0 Å². The summed E-state index contributed by atoms with van der Waals surface area (Å²) in [6.45, 7) is 1.33. The van der Waals surface area contributed by atoms with E-state index in [2.05, 4.69) is 0 Å². The van der Waals surface area contributed by atoms with Crippen LogP contribution in [-0.2, 0) is 15.3 Å². The Labute approximate surface area is 106 Å². The fraction of sp³-hybridized carbons (Fsp3) is 0.538. The molecule has 2 nitrogen and oxygen atoms in total. The minimum atomic E-state index is -0.735. The Hall–Kier alpha value is -0.640. The highest BCUT2D eigenvalue weighted by Crippen LogP contribution is 2.35. The Balaban J connectivity index is 2.21. The van der Waals surface area contributed by atoms with Crippen molar-refractivity contribution in [3.8, 4) is 0 Å². The maximum atomic E-state index is 12.9. The maximum absolute atomic E-state index is 12.9. The molecule has 0 spiro atoms. The van der Waals surface area contributed by atoms with Crippen LogP contribution in [0.15, 0.2) is 24.3 Å². The van der Waals surface area contributed by atoms with E-state index in [4.69, 9.17) is 21.1 Å². The fourth-order valence-corrected chi connectivity index (χ4v) is 2.17. The van der Waals surface area contributed by atoms with Crippen LogP contribution in [0.1, 0.15) is 24.8 Å². The lowest BCUT2D eigenvalue weighted by molar-refractivity contribution is -0.280. The van der Waals surface area contributed by atoms with Crippen molar-refractivity contribution < 1.29 is 13.9 Å². The van der Waals surface area contributed by atoms with Gasteiger partial charge < -0.3 is 9.47 Å². The molecule has 94 valence electrons. The van der Waals surface area contributed by atoms with Gasteiger partial charge in [-0.1, -0.05) is 12.1 Å². The van der Waals surface area contributed by atoms with Gasteiger partial charge in [-0.2, -0.15) is 0 Å². The van der Waals surface area contributed by atoms with Gasteiger partial charge in [0.05, 0.1) is 13.2 Å². The molecule has 0 atom stereocenters. The molecule has 0 aromatic heterocycles. The number of alkyl halides is 1. The van der Waals surface area contributed by atoms with Crippen LogP contribution in [0.5, 0.6) is 0 Å². The molecule has 4 heteroatoms. The molecule has 0 radical (unpaired) electrons. The van der Waals surface area contributed by atoms with Crippen molar-refractivity contribution in [2.75, 3.05) is 19.1 Å². The number of halogens is 2. The zero-order valence-corrected chi connectivity index (χ0v) is 10.4. The molecule has 1 heterocycles. The Morgan fingerprint density at radius 2 is 1.82 bits per heavy atom. The van der Waals surface area contributed by atoms with E-state index in [1.54, 1.807) is 12.1 Å². The minimum Gasteiger partial charge on any atom is -0.346 e. The molecule has 0 unspecified atom stereocenters. The van der Waals surface area contributed by atoms with E-state index in [1.807, 2.05) is 0 Å². The van der Waals surface area contributed by atoms with Crippen LogP contribution in [0.4, 0.5) is 4.39 Å². The number of benzene rings is 1. The molecule has 1 aromatic carbocycles. The molecular formula is C13H16ClFO2. The molecule has 0 N–H and O–H groups in total. The molecule has 0 aliphatic carbocycles. The first-order valence-corrected chi connectivity index (χ1v) is 6.40. The summed E-state index contributed by atoms with van der Waals surface area (Å²) >= 11 is 5.72. The summed E-state index contributed by atoms with van der Waals surface area (Å²) in [4.78, 5) is 0. The summed E-state index contributed by atoms with van der Waals surface area (Å²) in [5.74, 6) is -0.423. The van der Waals surface area contributed by atoms with E-state index >= 15 is 0 Å². The predicted molar refractivity (Wildman–Crippen MR) is 64.6 cm³/mol. The topological polar surface area (TPSA) is 18.5 Å². The molecular weight excluding hydrogens is 243 g/mol. The fourth-order valence-electron chi connectivity index (χ4n) is 2.03. The van der Waals surface area contributed by atoms with Gasteiger partial charge in [-0.3, -0.25) is 0 Å². The molecule has 2 rings (SSSR count).